The Morgan fingerprint density at radius 3 is 2.56 bits per heavy atom. The van der Waals surface area contributed by atoms with Gasteiger partial charge in [-0.3, -0.25) is 0 Å². The number of hydrogen-bond acceptors (Lipinski definition) is 4. The van der Waals surface area contributed by atoms with Crippen LogP contribution in [0.25, 0.3) is 5.69 Å². The van der Waals surface area contributed by atoms with Crippen LogP contribution in [0, 0.1) is 0 Å². The van der Waals surface area contributed by atoms with Crippen LogP contribution in [0.15, 0.2) is 54.6 Å². The van der Waals surface area contributed by atoms with Gasteiger partial charge in [-0.05, 0) is 42.8 Å². The number of carbonyl (C=O) groups is 2. The first-order valence-corrected chi connectivity index (χ1v) is 10.7. The lowest BCUT2D eigenvalue weighted by atomic mass is 10.1. The third kappa shape index (κ3) is 4.59. The molecule has 0 atom stereocenters. The Balaban J connectivity index is 1.47. The summed E-state index contributed by atoms with van der Waals surface area (Å²) in [5.74, 6) is -0.338. The number of amides is 2. The lowest BCUT2D eigenvalue weighted by Gasteiger charge is -2.28. The van der Waals surface area contributed by atoms with E-state index in [4.69, 9.17) is 4.74 Å². The maximum absolute atomic E-state index is 12.8. The van der Waals surface area contributed by atoms with Crippen LogP contribution in [0.1, 0.15) is 41.5 Å². The lowest BCUT2D eigenvalue weighted by Crippen LogP contribution is -2.39. The van der Waals surface area contributed by atoms with Crippen molar-refractivity contribution in [3.63, 3.8) is 0 Å². The van der Waals surface area contributed by atoms with E-state index < -0.39 is 5.97 Å². The van der Waals surface area contributed by atoms with Gasteiger partial charge < -0.3 is 20.1 Å². The SMILES string of the molecule is CCCCOc1ccc(NC(=O)N2CCc3c(c(C(=O)O)nn3-c3ccccc3)C2)cc1. The Labute approximate surface area is 186 Å². The van der Waals surface area contributed by atoms with E-state index in [2.05, 4.69) is 17.3 Å². The van der Waals surface area contributed by atoms with E-state index in [1.807, 2.05) is 42.5 Å². The van der Waals surface area contributed by atoms with Gasteiger partial charge in [0.15, 0.2) is 5.69 Å². The number of anilines is 1. The normalized spacial score (nSPS) is 12.8. The molecule has 2 N–H and O–H groups in total. The van der Waals surface area contributed by atoms with E-state index in [1.54, 1.807) is 21.7 Å². The number of ether oxygens (including phenoxy) is 1. The molecule has 0 saturated carbocycles. The van der Waals surface area contributed by atoms with Gasteiger partial charge in [0, 0.05) is 24.2 Å². The van der Waals surface area contributed by atoms with Gasteiger partial charge in [-0.25, -0.2) is 14.3 Å². The zero-order valence-electron chi connectivity index (χ0n) is 18.0. The number of aromatic nitrogens is 2. The number of para-hydroxylation sites is 1. The number of carboxylic acid groups (broad SMARTS) is 1. The third-order valence-corrected chi connectivity index (χ3v) is 5.42. The molecule has 0 fully saturated rings. The van der Waals surface area contributed by atoms with E-state index in [0.29, 0.717) is 30.8 Å². The molecule has 0 saturated heterocycles. The molecule has 1 aliphatic heterocycles. The number of rotatable bonds is 7. The van der Waals surface area contributed by atoms with Crippen molar-refractivity contribution in [2.24, 2.45) is 0 Å². The van der Waals surface area contributed by atoms with Crippen molar-refractivity contribution < 1.29 is 19.4 Å². The second-order valence-corrected chi connectivity index (χ2v) is 7.65. The summed E-state index contributed by atoms with van der Waals surface area (Å²) in [7, 11) is 0. The van der Waals surface area contributed by atoms with Gasteiger partial charge in [0.05, 0.1) is 24.5 Å². The Morgan fingerprint density at radius 2 is 1.88 bits per heavy atom. The van der Waals surface area contributed by atoms with Gasteiger partial charge in [-0.15, -0.1) is 0 Å². The lowest BCUT2D eigenvalue weighted by molar-refractivity contribution is 0.0687. The molecule has 8 heteroatoms. The first kappa shape index (κ1) is 21.4. The van der Waals surface area contributed by atoms with Gasteiger partial charge in [0.25, 0.3) is 0 Å². The van der Waals surface area contributed by atoms with Crippen molar-refractivity contribution in [1.82, 2.24) is 14.7 Å². The standard InChI is InChI=1S/C24H26N4O4/c1-2-3-15-32-19-11-9-17(10-12-19)25-24(31)27-14-13-21-20(16-27)22(23(29)30)26-28(21)18-7-5-4-6-8-18/h4-12H,2-3,13-16H2,1H3,(H,25,31)(H,29,30). The zero-order valence-corrected chi connectivity index (χ0v) is 18.0. The fourth-order valence-electron chi connectivity index (χ4n) is 3.72. The number of hydrogen-bond donors (Lipinski definition) is 2. The number of unbranched alkanes of at least 4 members (excludes halogenated alkanes) is 1. The van der Waals surface area contributed by atoms with E-state index in [0.717, 1.165) is 30.0 Å². The molecule has 0 unspecified atom stereocenters. The Bertz CT molecular complexity index is 1090. The predicted molar refractivity (Wildman–Crippen MR) is 121 cm³/mol. The highest BCUT2D eigenvalue weighted by Gasteiger charge is 2.30. The fourth-order valence-corrected chi connectivity index (χ4v) is 3.72. The second-order valence-electron chi connectivity index (χ2n) is 7.65. The number of nitrogens with one attached hydrogen (secondary N) is 1. The minimum atomic E-state index is -1.10. The summed E-state index contributed by atoms with van der Waals surface area (Å²) < 4.78 is 7.32. The van der Waals surface area contributed by atoms with Gasteiger partial charge in [0.2, 0.25) is 0 Å². The molecule has 8 nitrogen and oxygen atoms in total. The molecule has 4 rings (SSSR count). The summed E-state index contributed by atoms with van der Waals surface area (Å²) in [6.07, 6.45) is 2.58. The molecule has 2 aromatic carbocycles. The average Bonchev–Trinajstić information content (AvgIpc) is 3.20. The summed E-state index contributed by atoms with van der Waals surface area (Å²) in [5.41, 5.74) is 2.83. The van der Waals surface area contributed by atoms with E-state index >= 15 is 0 Å². The quantitative estimate of drug-likeness (QED) is 0.539. The van der Waals surface area contributed by atoms with Gasteiger partial charge >= 0.3 is 12.0 Å². The Hall–Kier alpha value is -3.81. The Morgan fingerprint density at radius 1 is 1.12 bits per heavy atom. The highest BCUT2D eigenvalue weighted by molar-refractivity contribution is 5.91. The molecule has 0 radical (unpaired) electrons. The van der Waals surface area contributed by atoms with Crippen LogP contribution < -0.4 is 10.1 Å². The zero-order chi connectivity index (χ0) is 22.5. The van der Waals surface area contributed by atoms with Crippen LogP contribution in [0.2, 0.25) is 0 Å². The minimum absolute atomic E-state index is 0.0186. The monoisotopic (exact) mass is 434 g/mol. The minimum Gasteiger partial charge on any atom is -0.494 e. The van der Waals surface area contributed by atoms with Crippen molar-refractivity contribution in [3.8, 4) is 11.4 Å². The summed E-state index contributed by atoms with van der Waals surface area (Å²) >= 11 is 0. The number of carbonyl (C=O) groups excluding carboxylic acids is 1. The topological polar surface area (TPSA) is 96.7 Å². The molecule has 1 aromatic heterocycles. The van der Waals surface area contributed by atoms with Crippen molar-refractivity contribution in [1.29, 1.82) is 0 Å². The fraction of sp³-hybridized carbons (Fsp3) is 0.292. The Kier molecular flexibility index (Phi) is 6.39. The molecule has 2 amide bonds. The molecule has 32 heavy (non-hydrogen) atoms. The van der Waals surface area contributed by atoms with Crippen molar-refractivity contribution in [2.75, 3.05) is 18.5 Å². The van der Waals surface area contributed by atoms with Crippen LogP contribution >= 0.6 is 0 Å². The maximum atomic E-state index is 12.8. The van der Waals surface area contributed by atoms with Gasteiger partial charge in [0.1, 0.15) is 5.75 Å². The highest BCUT2D eigenvalue weighted by Crippen LogP contribution is 2.26. The van der Waals surface area contributed by atoms with Gasteiger partial charge in [-0.1, -0.05) is 31.5 Å². The van der Waals surface area contributed by atoms with Crippen molar-refractivity contribution in [2.45, 2.75) is 32.7 Å². The molecular formula is C24H26N4O4. The maximum Gasteiger partial charge on any atom is 0.356 e. The molecule has 2 heterocycles. The van der Waals surface area contributed by atoms with E-state index in [1.165, 1.54) is 0 Å². The van der Waals surface area contributed by atoms with Crippen molar-refractivity contribution >= 4 is 17.7 Å². The van der Waals surface area contributed by atoms with Crippen LogP contribution in [-0.4, -0.2) is 44.9 Å². The first-order chi connectivity index (χ1) is 15.6. The number of nitrogens with zero attached hydrogens (tertiary/aromatic N) is 3. The average molecular weight is 434 g/mol. The summed E-state index contributed by atoms with van der Waals surface area (Å²) in [4.78, 5) is 26.3. The number of fused-ring (bicyclic) bond motifs is 1. The van der Waals surface area contributed by atoms with Crippen LogP contribution in [0.5, 0.6) is 5.75 Å². The second kappa shape index (κ2) is 9.55. The first-order valence-electron chi connectivity index (χ1n) is 10.7. The molecule has 166 valence electrons. The predicted octanol–water partition coefficient (Wildman–Crippen LogP) is 4.34. The highest BCUT2D eigenvalue weighted by atomic mass is 16.5. The van der Waals surface area contributed by atoms with Crippen LogP contribution in [0.4, 0.5) is 10.5 Å². The summed E-state index contributed by atoms with van der Waals surface area (Å²) in [5, 5.41) is 16.9. The molecule has 3 aromatic rings. The smallest absolute Gasteiger partial charge is 0.356 e. The molecule has 0 bridgehead atoms. The van der Waals surface area contributed by atoms with Gasteiger partial charge in [-0.2, -0.15) is 5.10 Å². The number of aromatic carboxylic acids is 1. The third-order valence-electron chi connectivity index (χ3n) is 5.42. The molecule has 0 aliphatic carbocycles. The number of carboxylic acids is 1. The molecule has 0 spiro atoms. The van der Waals surface area contributed by atoms with Crippen molar-refractivity contribution in [3.05, 3.63) is 71.5 Å². The van der Waals surface area contributed by atoms with E-state index in [9.17, 15) is 14.7 Å². The van der Waals surface area contributed by atoms with Crippen LogP contribution in [-0.2, 0) is 13.0 Å². The van der Waals surface area contributed by atoms with Crippen LogP contribution in [0.3, 0.4) is 0 Å². The number of urea groups is 1. The van der Waals surface area contributed by atoms with E-state index in [-0.39, 0.29) is 18.3 Å². The molecular weight excluding hydrogens is 408 g/mol. The largest absolute Gasteiger partial charge is 0.494 e. The summed E-state index contributed by atoms with van der Waals surface area (Å²) in [6.45, 7) is 3.43. The summed E-state index contributed by atoms with van der Waals surface area (Å²) in [6, 6.07) is 16.4. The molecule has 1 aliphatic rings. The number of benzene rings is 2.